The maximum atomic E-state index is 12.3. The van der Waals surface area contributed by atoms with Gasteiger partial charge in [0.1, 0.15) is 5.69 Å². The van der Waals surface area contributed by atoms with Crippen LogP contribution >= 0.6 is 0 Å². The Hall–Kier alpha value is -2.73. The SMILES string of the molecule is CC(=O)N(c1ccccc1[N+](=O)[O-])C1CCN(Cc2ccccc2)CC1. The molecule has 6 nitrogen and oxygen atoms in total. The highest BCUT2D eigenvalue weighted by molar-refractivity contribution is 5.94. The third kappa shape index (κ3) is 4.08. The standard InChI is InChI=1S/C20H23N3O3/c1-16(24)22(19-9-5-6-10-20(19)23(25)26)18-11-13-21(14-12-18)15-17-7-3-2-4-8-17/h2-10,18H,11-15H2,1H3. The second-order valence-electron chi connectivity index (χ2n) is 6.63. The van der Waals surface area contributed by atoms with Gasteiger partial charge in [-0.25, -0.2) is 0 Å². The zero-order chi connectivity index (χ0) is 18.5. The summed E-state index contributed by atoms with van der Waals surface area (Å²) in [4.78, 5) is 27.2. The molecule has 0 N–H and O–H groups in total. The number of carbonyl (C=O) groups excluding carboxylic acids is 1. The largest absolute Gasteiger partial charge is 0.303 e. The van der Waals surface area contributed by atoms with E-state index in [0.717, 1.165) is 32.5 Å². The van der Waals surface area contributed by atoms with Crippen LogP contribution < -0.4 is 4.90 Å². The molecule has 6 heteroatoms. The van der Waals surface area contributed by atoms with Gasteiger partial charge in [0, 0.05) is 38.7 Å². The average Bonchev–Trinajstić information content (AvgIpc) is 2.64. The molecule has 0 atom stereocenters. The molecule has 1 saturated heterocycles. The van der Waals surface area contributed by atoms with Gasteiger partial charge in [0.05, 0.1) is 4.92 Å². The van der Waals surface area contributed by atoms with Crippen molar-refractivity contribution < 1.29 is 9.72 Å². The number of hydrogen-bond acceptors (Lipinski definition) is 4. The van der Waals surface area contributed by atoms with Gasteiger partial charge in [-0.3, -0.25) is 19.8 Å². The Morgan fingerprint density at radius 3 is 2.35 bits per heavy atom. The van der Waals surface area contributed by atoms with E-state index in [2.05, 4.69) is 17.0 Å². The van der Waals surface area contributed by atoms with Crippen LogP contribution in [0, 0.1) is 10.1 Å². The number of rotatable bonds is 5. The van der Waals surface area contributed by atoms with Crippen LogP contribution in [0.4, 0.5) is 11.4 Å². The number of nitrogens with zero attached hydrogens (tertiary/aromatic N) is 3. The van der Waals surface area contributed by atoms with Crippen LogP contribution in [0.15, 0.2) is 54.6 Å². The predicted molar refractivity (Wildman–Crippen MR) is 101 cm³/mol. The molecule has 0 aliphatic carbocycles. The van der Waals surface area contributed by atoms with Crippen LogP contribution in [0.2, 0.25) is 0 Å². The summed E-state index contributed by atoms with van der Waals surface area (Å²) in [5.41, 5.74) is 1.65. The highest BCUT2D eigenvalue weighted by Gasteiger charge is 2.31. The van der Waals surface area contributed by atoms with Crippen molar-refractivity contribution in [3.05, 3.63) is 70.3 Å². The third-order valence-electron chi connectivity index (χ3n) is 4.85. The molecule has 0 saturated carbocycles. The highest BCUT2D eigenvalue weighted by atomic mass is 16.6. The number of amides is 1. The molecule has 2 aromatic rings. The second kappa shape index (κ2) is 8.10. The van der Waals surface area contributed by atoms with Gasteiger partial charge in [-0.2, -0.15) is 0 Å². The van der Waals surface area contributed by atoms with E-state index >= 15 is 0 Å². The van der Waals surface area contributed by atoms with Gasteiger partial charge >= 0.3 is 0 Å². The lowest BCUT2D eigenvalue weighted by Gasteiger charge is -2.38. The summed E-state index contributed by atoms with van der Waals surface area (Å²) in [7, 11) is 0. The molecule has 1 fully saturated rings. The van der Waals surface area contributed by atoms with Crippen LogP contribution in [0.25, 0.3) is 0 Å². The Labute approximate surface area is 153 Å². The van der Waals surface area contributed by atoms with Crippen molar-refractivity contribution >= 4 is 17.3 Å². The summed E-state index contributed by atoms with van der Waals surface area (Å²) in [6.07, 6.45) is 1.61. The molecule has 1 aliphatic heterocycles. The monoisotopic (exact) mass is 353 g/mol. The van der Waals surface area contributed by atoms with Gasteiger partial charge < -0.3 is 4.90 Å². The summed E-state index contributed by atoms with van der Waals surface area (Å²) < 4.78 is 0. The molecule has 1 aliphatic rings. The number of hydrogen-bond donors (Lipinski definition) is 0. The average molecular weight is 353 g/mol. The molecule has 0 radical (unpaired) electrons. The van der Waals surface area contributed by atoms with E-state index in [1.807, 2.05) is 18.2 Å². The Bertz CT molecular complexity index is 771. The minimum Gasteiger partial charge on any atom is -0.303 e. The first-order valence-corrected chi connectivity index (χ1v) is 8.86. The van der Waals surface area contributed by atoms with Crippen molar-refractivity contribution in [3.8, 4) is 0 Å². The first kappa shape index (κ1) is 18.1. The van der Waals surface area contributed by atoms with Crippen molar-refractivity contribution in [2.75, 3.05) is 18.0 Å². The lowest BCUT2D eigenvalue weighted by atomic mass is 10.0. The van der Waals surface area contributed by atoms with Gasteiger partial charge in [0.15, 0.2) is 0 Å². The second-order valence-corrected chi connectivity index (χ2v) is 6.63. The molecule has 0 unspecified atom stereocenters. The van der Waals surface area contributed by atoms with Crippen LogP contribution in [-0.2, 0) is 11.3 Å². The Balaban J connectivity index is 1.72. The van der Waals surface area contributed by atoms with Crippen LogP contribution in [0.5, 0.6) is 0 Å². The van der Waals surface area contributed by atoms with Gasteiger partial charge in [-0.1, -0.05) is 42.5 Å². The fourth-order valence-electron chi connectivity index (χ4n) is 3.62. The van der Waals surface area contributed by atoms with Crippen molar-refractivity contribution in [3.63, 3.8) is 0 Å². The summed E-state index contributed by atoms with van der Waals surface area (Å²) in [6.45, 7) is 4.10. The maximum absolute atomic E-state index is 12.3. The molecule has 0 bridgehead atoms. The van der Waals surface area contributed by atoms with Crippen molar-refractivity contribution in [1.29, 1.82) is 0 Å². The Morgan fingerprint density at radius 1 is 1.12 bits per heavy atom. The quantitative estimate of drug-likeness (QED) is 0.608. The minimum atomic E-state index is -0.421. The lowest BCUT2D eigenvalue weighted by Crippen LogP contribution is -2.47. The fraction of sp³-hybridized carbons (Fsp3) is 0.350. The number of piperidine rings is 1. The zero-order valence-corrected chi connectivity index (χ0v) is 14.9. The van der Waals surface area contributed by atoms with E-state index in [4.69, 9.17) is 0 Å². The molecule has 2 aromatic carbocycles. The normalized spacial score (nSPS) is 15.6. The van der Waals surface area contributed by atoms with Crippen LogP contribution in [0.1, 0.15) is 25.3 Å². The van der Waals surface area contributed by atoms with E-state index in [0.29, 0.717) is 5.69 Å². The third-order valence-corrected chi connectivity index (χ3v) is 4.85. The number of nitro groups is 1. The van der Waals surface area contributed by atoms with Gasteiger partial charge in [-0.05, 0) is 24.5 Å². The Morgan fingerprint density at radius 2 is 1.73 bits per heavy atom. The van der Waals surface area contributed by atoms with E-state index < -0.39 is 4.92 Å². The van der Waals surface area contributed by atoms with Gasteiger partial charge in [-0.15, -0.1) is 0 Å². The fourth-order valence-corrected chi connectivity index (χ4v) is 3.62. The first-order chi connectivity index (χ1) is 12.6. The molecule has 0 spiro atoms. The van der Waals surface area contributed by atoms with Crippen molar-refractivity contribution in [1.82, 2.24) is 4.90 Å². The lowest BCUT2D eigenvalue weighted by molar-refractivity contribution is -0.384. The number of likely N-dealkylation sites (tertiary alicyclic amines) is 1. The van der Waals surface area contributed by atoms with E-state index in [1.165, 1.54) is 18.6 Å². The number of nitro benzene ring substituents is 1. The molecular formula is C20H23N3O3. The zero-order valence-electron chi connectivity index (χ0n) is 14.9. The number of benzene rings is 2. The molecule has 136 valence electrons. The van der Waals surface area contributed by atoms with Crippen LogP contribution in [-0.4, -0.2) is 34.9 Å². The number of carbonyl (C=O) groups is 1. The van der Waals surface area contributed by atoms with Crippen LogP contribution in [0.3, 0.4) is 0 Å². The molecule has 3 rings (SSSR count). The maximum Gasteiger partial charge on any atom is 0.292 e. The highest BCUT2D eigenvalue weighted by Crippen LogP contribution is 2.32. The summed E-state index contributed by atoms with van der Waals surface area (Å²) in [6, 6.07) is 16.8. The topological polar surface area (TPSA) is 66.7 Å². The molecule has 1 heterocycles. The molecule has 26 heavy (non-hydrogen) atoms. The Kier molecular flexibility index (Phi) is 5.63. The predicted octanol–water partition coefficient (Wildman–Crippen LogP) is 3.61. The van der Waals surface area contributed by atoms with Gasteiger partial charge in [0.2, 0.25) is 5.91 Å². The minimum absolute atomic E-state index is 0.0133. The molecule has 1 amide bonds. The summed E-state index contributed by atoms with van der Waals surface area (Å²) in [5.74, 6) is -0.152. The van der Waals surface area contributed by atoms with Crippen molar-refractivity contribution in [2.24, 2.45) is 0 Å². The smallest absolute Gasteiger partial charge is 0.292 e. The molecular weight excluding hydrogens is 330 g/mol. The van der Waals surface area contributed by atoms with Crippen molar-refractivity contribution in [2.45, 2.75) is 32.4 Å². The number of anilines is 1. The summed E-state index contributed by atoms with van der Waals surface area (Å²) >= 11 is 0. The molecule has 0 aromatic heterocycles. The van der Waals surface area contributed by atoms with E-state index in [1.54, 1.807) is 23.1 Å². The van der Waals surface area contributed by atoms with E-state index in [-0.39, 0.29) is 17.6 Å². The van der Waals surface area contributed by atoms with E-state index in [9.17, 15) is 14.9 Å². The number of para-hydroxylation sites is 2. The summed E-state index contributed by atoms with van der Waals surface area (Å²) in [5, 5.41) is 11.3. The van der Waals surface area contributed by atoms with Gasteiger partial charge in [0.25, 0.3) is 5.69 Å². The first-order valence-electron chi connectivity index (χ1n) is 8.86.